The molecule has 3 amide bonds. The van der Waals surface area contributed by atoms with E-state index in [1.165, 1.54) is 28.1 Å². The Morgan fingerprint density at radius 1 is 0.831 bits per heavy atom. The van der Waals surface area contributed by atoms with Crippen molar-refractivity contribution in [2.24, 2.45) is 7.05 Å². The highest BCUT2D eigenvalue weighted by molar-refractivity contribution is 6.29. The number of amides is 3. The average Bonchev–Trinajstić information content (AvgIpc) is 3.74. The highest BCUT2D eigenvalue weighted by Crippen LogP contribution is 2.47. The lowest BCUT2D eigenvalue weighted by atomic mass is 9.72. The van der Waals surface area contributed by atoms with Gasteiger partial charge in [-0.3, -0.25) is 14.6 Å². The van der Waals surface area contributed by atoms with Gasteiger partial charge in [0.2, 0.25) is 0 Å². The van der Waals surface area contributed by atoms with Crippen LogP contribution in [0.3, 0.4) is 0 Å². The molecule has 4 aliphatic heterocycles. The third-order valence-electron chi connectivity index (χ3n) is 13.0. The number of rotatable bonds is 2. The number of likely N-dealkylation sites (tertiary alicyclic amines) is 1. The molecule has 2 fully saturated rings. The first-order valence-corrected chi connectivity index (χ1v) is 20.7. The standard InChI is InChI=1S/C24H24N4O2.C21H23ClN4O3/c1-28-21-17(20-22(28)24(11-25-12-24)13-27-23(20)29)8-5-15-10-26-19(9-18(15)21)14-3-6-16(30-2)7-4-14;1-20(2,3)29-19(28)26-9-21(10-26)8-24-18(27)15-12-5-4-11-7-23-14(22)6-13(11)16(12)25-17(15)21/h3-4,6-7,9-10,25H,5,8,11-13H2,1-2H3,(H,27,29);6-7,25H,4-5,8-10H2,1-3H3,(H,24,27). The zero-order valence-corrected chi connectivity index (χ0v) is 34.7. The molecule has 5 aromatic rings. The molecule has 6 aliphatic rings. The number of ether oxygens (including phenoxy) is 2. The number of carbonyl (C=O) groups is 3. The second kappa shape index (κ2) is 13.4. The predicted molar refractivity (Wildman–Crippen MR) is 223 cm³/mol. The summed E-state index contributed by atoms with van der Waals surface area (Å²) in [7, 11) is 3.80. The van der Waals surface area contributed by atoms with Gasteiger partial charge in [0.05, 0.1) is 46.1 Å². The van der Waals surface area contributed by atoms with Crippen molar-refractivity contribution in [2.45, 2.75) is 62.9 Å². The maximum Gasteiger partial charge on any atom is 0.410 e. The van der Waals surface area contributed by atoms with Gasteiger partial charge in [0.25, 0.3) is 11.8 Å². The van der Waals surface area contributed by atoms with Crippen LogP contribution in [0.1, 0.15) is 75.1 Å². The van der Waals surface area contributed by atoms with E-state index in [0.29, 0.717) is 31.3 Å². The molecule has 8 heterocycles. The van der Waals surface area contributed by atoms with Crippen molar-refractivity contribution < 1.29 is 23.9 Å². The maximum atomic E-state index is 12.9. The van der Waals surface area contributed by atoms with Crippen molar-refractivity contribution in [3.8, 4) is 39.5 Å². The van der Waals surface area contributed by atoms with Crippen LogP contribution in [0.15, 0.2) is 48.8 Å². The molecular weight excluding hydrogens is 768 g/mol. The molecule has 0 unspecified atom stereocenters. The number of benzene rings is 1. The minimum atomic E-state index is -0.533. The Labute approximate surface area is 347 Å². The van der Waals surface area contributed by atoms with E-state index in [-0.39, 0.29) is 28.7 Å². The van der Waals surface area contributed by atoms with Gasteiger partial charge in [0.15, 0.2) is 0 Å². The quantitative estimate of drug-likeness (QED) is 0.170. The summed E-state index contributed by atoms with van der Waals surface area (Å²) in [6.45, 7) is 9.64. The Balaban J connectivity index is 0.000000143. The number of hydrogen-bond donors (Lipinski definition) is 4. The lowest BCUT2D eigenvalue weighted by Crippen LogP contribution is -2.67. The predicted octanol–water partition coefficient (Wildman–Crippen LogP) is 5.51. The molecule has 0 radical (unpaired) electrons. The Hall–Kier alpha value is -5.66. The van der Waals surface area contributed by atoms with Crippen LogP contribution >= 0.6 is 11.6 Å². The van der Waals surface area contributed by atoms with Crippen LogP contribution in [0.25, 0.3) is 33.8 Å². The number of carbonyl (C=O) groups excluding carboxylic acids is 3. The highest BCUT2D eigenvalue weighted by Gasteiger charge is 2.54. The largest absolute Gasteiger partial charge is 0.497 e. The van der Waals surface area contributed by atoms with E-state index in [1.54, 1.807) is 12.0 Å². The smallest absolute Gasteiger partial charge is 0.410 e. The van der Waals surface area contributed by atoms with Gasteiger partial charge in [0.1, 0.15) is 16.5 Å². The van der Waals surface area contributed by atoms with E-state index in [1.807, 2.05) is 63.5 Å². The molecule has 4 aromatic heterocycles. The van der Waals surface area contributed by atoms with Gasteiger partial charge in [-0.1, -0.05) is 11.6 Å². The topological polar surface area (TPSA) is 156 Å². The molecule has 59 heavy (non-hydrogen) atoms. The summed E-state index contributed by atoms with van der Waals surface area (Å²) < 4.78 is 13.1. The number of aromatic amines is 1. The van der Waals surface area contributed by atoms with Crippen molar-refractivity contribution in [1.82, 2.24) is 40.4 Å². The fourth-order valence-corrected chi connectivity index (χ4v) is 10.2. The molecule has 4 N–H and O–H groups in total. The molecule has 2 spiro atoms. The number of nitrogens with zero attached hydrogens (tertiary/aromatic N) is 4. The van der Waals surface area contributed by atoms with Gasteiger partial charge in [-0.15, -0.1) is 0 Å². The fraction of sp³-hybridized carbons (Fsp3) is 0.400. The first-order valence-electron chi connectivity index (χ1n) is 20.3. The SMILES string of the molecule is CC(C)(C)OC(=O)N1CC2(CNC(=O)c3c2[nH]c2c3CCc3cnc(Cl)cc3-2)C1.COc1ccc(-c2cc3c(cn2)CCc2c4c(n(C)c2-3)C2(CNC2)CNC4=O)cc1. The van der Waals surface area contributed by atoms with Gasteiger partial charge < -0.3 is 39.9 Å². The summed E-state index contributed by atoms with van der Waals surface area (Å²) >= 11 is 6.14. The van der Waals surface area contributed by atoms with E-state index in [9.17, 15) is 14.4 Å². The Kier molecular flexibility index (Phi) is 8.56. The first-order chi connectivity index (χ1) is 28.3. The third-order valence-corrected chi connectivity index (χ3v) is 13.2. The van der Waals surface area contributed by atoms with Crippen LogP contribution in [0, 0.1) is 0 Å². The van der Waals surface area contributed by atoms with E-state index >= 15 is 0 Å². The van der Waals surface area contributed by atoms with Crippen LogP contribution < -0.4 is 20.7 Å². The fourth-order valence-electron chi connectivity index (χ4n) is 10.1. The summed E-state index contributed by atoms with van der Waals surface area (Å²) in [5.41, 5.74) is 13.9. The second-order valence-electron chi connectivity index (χ2n) is 17.8. The lowest BCUT2D eigenvalue weighted by molar-refractivity contribution is -0.0113. The molecule has 14 heteroatoms. The molecule has 0 atom stereocenters. The van der Waals surface area contributed by atoms with Gasteiger partial charge in [-0.25, -0.2) is 9.78 Å². The summed E-state index contributed by atoms with van der Waals surface area (Å²) in [5, 5.41) is 10.0. The molecule has 0 bridgehead atoms. The van der Waals surface area contributed by atoms with E-state index < -0.39 is 5.60 Å². The van der Waals surface area contributed by atoms with Crippen molar-refractivity contribution in [3.63, 3.8) is 0 Å². The summed E-state index contributed by atoms with van der Waals surface area (Å²) in [4.78, 5) is 52.2. The molecule has 11 rings (SSSR count). The molecule has 0 saturated carbocycles. The molecule has 2 aliphatic carbocycles. The van der Waals surface area contributed by atoms with Crippen LogP contribution in [0.2, 0.25) is 5.15 Å². The third kappa shape index (κ3) is 5.95. The minimum absolute atomic E-state index is 0.0152. The van der Waals surface area contributed by atoms with E-state index in [2.05, 4.69) is 43.6 Å². The average molecular weight is 815 g/mol. The van der Waals surface area contributed by atoms with E-state index in [4.69, 9.17) is 26.1 Å². The summed E-state index contributed by atoms with van der Waals surface area (Å²) in [6, 6.07) is 12.0. The van der Waals surface area contributed by atoms with Gasteiger partial charge in [-0.05, 0) is 105 Å². The van der Waals surface area contributed by atoms with Crippen molar-refractivity contribution in [3.05, 3.63) is 98.7 Å². The lowest BCUT2D eigenvalue weighted by Gasteiger charge is -2.51. The van der Waals surface area contributed by atoms with Crippen LogP contribution in [-0.2, 0) is 48.3 Å². The molecule has 13 nitrogen and oxygen atoms in total. The Morgan fingerprint density at radius 3 is 2.17 bits per heavy atom. The number of pyridine rings is 2. The summed E-state index contributed by atoms with van der Waals surface area (Å²) in [5.74, 6) is 0.856. The number of nitrogens with one attached hydrogen (secondary N) is 4. The number of methoxy groups -OCH3 is 1. The van der Waals surface area contributed by atoms with Gasteiger partial charge >= 0.3 is 6.09 Å². The Morgan fingerprint density at radius 2 is 1.49 bits per heavy atom. The second-order valence-corrected chi connectivity index (χ2v) is 18.2. The Bertz CT molecular complexity index is 2590. The van der Waals surface area contributed by atoms with Crippen molar-refractivity contribution in [1.29, 1.82) is 0 Å². The maximum absolute atomic E-state index is 12.9. The van der Waals surface area contributed by atoms with Gasteiger partial charge in [-0.2, -0.15) is 0 Å². The number of aryl methyl sites for hydroxylation is 2. The number of halogens is 1. The number of H-pyrrole nitrogens is 1. The van der Waals surface area contributed by atoms with Gasteiger partial charge in [0, 0.05) is 86.8 Å². The number of fused-ring (bicyclic) bond motifs is 12. The van der Waals surface area contributed by atoms with Crippen LogP contribution in [-0.4, -0.2) is 94.3 Å². The number of aromatic nitrogens is 4. The minimum Gasteiger partial charge on any atom is -0.497 e. The summed E-state index contributed by atoms with van der Waals surface area (Å²) in [6.07, 6.45) is 6.88. The first kappa shape index (κ1) is 37.6. The van der Waals surface area contributed by atoms with Crippen LogP contribution in [0.5, 0.6) is 5.75 Å². The van der Waals surface area contributed by atoms with Crippen LogP contribution in [0.4, 0.5) is 4.79 Å². The van der Waals surface area contributed by atoms with Crippen molar-refractivity contribution in [2.75, 3.05) is 46.4 Å². The van der Waals surface area contributed by atoms with Crippen molar-refractivity contribution >= 4 is 29.5 Å². The van der Waals surface area contributed by atoms with E-state index in [0.717, 1.165) is 95.0 Å². The molecule has 2 saturated heterocycles. The zero-order valence-electron chi connectivity index (χ0n) is 33.9. The molecule has 304 valence electrons. The molecule has 1 aromatic carbocycles. The monoisotopic (exact) mass is 814 g/mol. The normalized spacial score (nSPS) is 18.6. The highest BCUT2D eigenvalue weighted by atomic mass is 35.5. The zero-order chi connectivity index (χ0) is 41.0. The molecular formula is C45H47ClN8O5. The number of hydrogen-bond acceptors (Lipinski definition) is 8.